The van der Waals surface area contributed by atoms with Crippen molar-refractivity contribution in [3.05, 3.63) is 23.8 Å². The van der Waals surface area contributed by atoms with E-state index in [-0.39, 0.29) is 5.92 Å². The summed E-state index contributed by atoms with van der Waals surface area (Å²) in [6.07, 6.45) is 1.57. The quantitative estimate of drug-likeness (QED) is 0.821. The molecule has 4 nitrogen and oxygen atoms in total. The predicted molar refractivity (Wildman–Crippen MR) is 65.5 cm³/mol. The number of fused-ring (bicyclic) bond motifs is 1. The second-order valence-corrected chi connectivity index (χ2v) is 4.25. The van der Waals surface area contributed by atoms with E-state index in [0.717, 1.165) is 24.5 Å². The molecule has 1 heterocycles. The highest BCUT2D eigenvalue weighted by Gasteiger charge is 2.15. The van der Waals surface area contributed by atoms with E-state index in [1.807, 2.05) is 25.1 Å². The van der Waals surface area contributed by atoms with Crippen LogP contribution in [0, 0.1) is 5.92 Å². The number of nitrogens with one attached hydrogen (secondary N) is 1. The highest BCUT2D eigenvalue weighted by atomic mass is 16.5. The first-order valence-corrected chi connectivity index (χ1v) is 5.93. The molecule has 1 aliphatic heterocycles. The summed E-state index contributed by atoms with van der Waals surface area (Å²) < 4.78 is 5.42. The average Bonchev–Trinajstić information content (AvgIpc) is 2.76. The number of carboxylic acids is 1. The number of hydrogen-bond donors (Lipinski definition) is 2. The van der Waals surface area contributed by atoms with Gasteiger partial charge in [0.2, 0.25) is 0 Å². The molecular formula is C13H17NO3. The smallest absolute Gasteiger partial charge is 0.308 e. The minimum absolute atomic E-state index is 0.334. The second-order valence-electron chi connectivity index (χ2n) is 4.25. The van der Waals surface area contributed by atoms with E-state index in [9.17, 15) is 4.79 Å². The number of anilines is 1. The van der Waals surface area contributed by atoms with Crippen molar-refractivity contribution < 1.29 is 14.6 Å². The number of hydrogen-bond acceptors (Lipinski definition) is 3. The Hall–Kier alpha value is -1.71. The summed E-state index contributed by atoms with van der Waals surface area (Å²) in [5.74, 6) is -0.134. The number of carbonyl (C=O) groups is 1. The number of rotatable bonds is 5. The van der Waals surface area contributed by atoms with E-state index in [1.54, 1.807) is 0 Å². The van der Waals surface area contributed by atoms with Crippen LogP contribution >= 0.6 is 0 Å². The summed E-state index contributed by atoms with van der Waals surface area (Å²) in [4.78, 5) is 10.9. The molecule has 1 aliphatic rings. The van der Waals surface area contributed by atoms with Crippen LogP contribution in [0.25, 0.3) is 0 Å². The summed E-state index contributed by atoms with van der Waals surface area (Å²) in [6, 6.07) is 5.90. The minimum atomic E-state index is -0.746. The van der Waals surface area contributed by atoms with Gasteiger partial charge in [0.15, 0.2) is 0 Å². The SMILES string of the molecule is CCC(CNc1ccc2c(c1)CCO2)C(=O)O. The molecule has 0 spiro atoms. The Balaban J connectivity index is 1.97. The lowest BCUT2D eigenvalue weighted by Gasteiger charge is -2.12. The molecule has 2 rings (SSSR count). The molecule has 1 unspecified atom stereocenters. The van der Waals surface area contributed by atoms with Gasteiger partial charge in [-0.25, -0.2) is 0 Å². The zero-order chi connectivity index (χ0) is 12.3. The number of ether oxygens (including phenoxy) is 1. The maximum Gasteiger partial charge on any atom is 0.308 e. The van der Waals surface area contributed by atoms with Crippen molar-refractivity contribution >= 4 is 11.7 Å². The van der Waals surface area contributed by atoms with Crippen molar-refractivity contribution in [1.29, 1.82) is 0 Å². The summed E-state index contributed by atoms with van der Waals surface area (Å²) in [7, 11) is 0. The molecule has 0 fully saturated rings. The summed E-state index contributed by atoms with van der Waals surface area (Å²) in [5, 5.41) is 12.1. The molecule has 0 aliphatic carbocycles. The Morgan fingerprint density at radius 1 is 1.59 bits per heavy atom. The van der Waals surface area contributed by atoms with Gasteiger partial charge in [-0.1, -0.05) is 6.92 Å². The molecule has 0 aromatic heterocycles. The van der Waals surface area contributed by atoms with Crippen LogP contribution in [0.5, 0.6) is 5.75 Å². The van der Waals surface area contributed by atoms with Gasteiger partial charge < -0.3 is 15.2 Å². The van der Waals surface area contributed by atoms with Crippen molar-refractivity contribution in [2.75, 3.05) is 18.5 Å². The molecule has 92 valence electrons. The van der Waals surface area contributed by atoms with Gasteiger partial charge in [-0.2, -0.15) is 0 Å². The highest BCUT2D eigenvalue weighted by Crippen LogP contribution is 2.27. The predicted octanol–water partition coefficient (Wildman–Crippen LogP) is 2.14. The zero-order valence-electron chi connectivity index (χ0n) is 9.90. The number of carboxylic acid groups (broad SMARTS) is 1. The van der Waals surface area contributed by atoms with Crippen LogP contribution in [-0.4, -0.2) is 24.2 Å². The lowest BCUT2D eigenvalue weighted by molar-refractivity contribution is -0.141. The van der Waals surface area contributed by atoms with Gasteiger partial charge in [0.05, 0.1) is 12.5 Å². The van der Waals surface area contributed by atoms with E-state index < -0.39 is 5.97 Å². The van der Waals surface area contributed by atoms with Gasteiger partial charge in [-0.3, -0.25) is 4.79 Å². The van der Waals surface area contributed by atoms with Gasteiger partial charge in [0, 0.05) is 18.7 Å². The van der Waals surface area contributed by atoms with E-state index in [4.69, 9.17) is 9.84 Å². The third kappa shape index (κ3) is 2.70. The molecule has 0 radical (unpaired) electrons. The summed E-state index contributed by atoms with van der Waals surface area (Å²) >= 11 is 0. The maximum absolute atomic E-state index is 10.9. The van der Waals surface area contributed by atoms with E-state index in [2.05, 4.69) is 5.32 Å². The van der Waals surface area contributed by atoms with Crippen molar-refractivity contribution in [2.45, 2.75) is 19.8 Å². The van der Waals surface area contributed by atoms with Crippen LogP contribution in [-0.2, 0) is 11.2 Å². The second kappa shape index (κ2) is 5.08. The van der Waals surface area contributed by atoms with E-state index in [1.165, 1.54) is 5.56 Å². The molecule has 0 saturated carbocycles. The highest BCUT2D eigenvalue weighted by molar-refractivity contribution is 5.70. The Morgan fingerprint density at radius 2 is 2.41 bits per heavy atom. The van der Waals surface area contributed by atoms with E-state index >= 15 is 0 Å². The molecular weight excluding hydrogens is 218 g/mol. The topological polar surface area (TPSA) is 58.6 Å². The van der Waals surface area contributed by atoms with Crippen molar-refractivity contribution in [3.8, 4) is 5.75 Å². The van der Waals surface area contributed by atoms with Gasteiger partial charge in [-0.05, 0) is 30.2 Å². The van der Waals surface area contributed by atoms with Crippen LogP contribution in [0.15, 0.2) is 18.2 Å². The van der Waals surface area contributed by atoms with E-state index in [0.29, 0.717) is 13.0 Å². The fourth-order valence-electron chi connectivity index (χ4n) is 1.94. The molecule has 0 saturated heterocycles. The molecule has 0 amide bonds. The van der Waals surface area contributed by atoms with Crippen LogP contribution in [0.4, 0.5) is 5.69 Å². The Labute approximate surface area is 101 Å². The Morgan fingerprint density at radius 3 is 3.12 bits per heavy atom. The van der Waals surface area contributed by atoms with Gasteiger partial charge >= 0.3 is 5.97 Å². The molecule has 4 heteroatoms. The standard InChI is InChI=1S/C13H17NO3/c1-2-9(13(15)16)8-14-11-3-4-12-10(7-11)5-6-17-12/h3-4,7,9,14H,2,5-6,8H2,1H3,(H,15,16). The summed E-state index contributed by atoms with van der Waals surface area (Å²) in [5.41, 5.74) is 2.16. The fraction of sp³-hybridized carbons (Fsp3) is 0.462. The zero-order valence-corrected chi connectivity index (χ0v) is 9.90. The molecule has 1 aromatic rings. The van der Waals surface area contributed by atoms with Crippen LogP contribution in [0.2, 0.25) is 0 Å². The van der Waals surface area contributed by atoms with Crippen LogP contribution in [0.3, 0.4) is 0 Å². The van der Waals surface area contributed by atoms with Crippen LogP contribution < -0.4 is 10.1 Å². The molecule has 2 N–H and O–H groups in total. The third-order valence-electron chi connectivity index (χ3n) is 3.08. The van der Waals surface area contributed by atoms with Crippen LogP contribution in [0.1, 0.15) is 18.9 Å². The van der Waals surface area contributed by atoms with Gasteiger partial charge in [-0.15, -0.1) is 0 Å². The normalized spacial score (nSPS) is 14.9. The third-order valence-corrected chi connectivity index (χ3v) is 3.08. The van der Waals surface area contributed by atoms with Crippen molar-refractivity contribution in [3.63, 3.8) is 0 Å². The first-order chi connectivity index (χ1) is 8.20. The minimum Gasteiger partial charge on any atom is -0.493 e. The lowest BCUT2D eigenvalue weighted by Crippen LogP contribution is -2.22. The van der Waals surface area contributed by atoms with Crippen molar-refractivity contribution in [1.82, 2.24) is 0 Å². The monoisotopic (exact) mass is 235 g/mol. The molecule has 0 bridgehead atoms. The molecule has 1 aromatic carbocycles. The largest absolute Gasteiger partial charge is 0.493 e. The van der Waals surface area contributed by atoms with Crippen molar-refractivity contribution in [2.24, 2.45) is 5.92 Å². The fourth-order valence-corrected chi connectivity index (χ4v) is 1.94. The average molecular weight is 235 g/mol. The number of benzene rings is 1. The van der Waals surface area contributed by atoms with Gasteiger partial charge in [0.25, 0.3) is 0 Å². The Kier molecular flexibility index (Phi) is 3.52. The number of aliphatic carboxylic acids is 1. The first kappa shape index (κ1) is 11.8. The lowest BCUT2D eigenvalue weighted by atomic mass is 10.1. The van der Waals surface area contributed by atoms with Gasteiger partial charge in [0.1, 0.15) is 5.75 Å². The maximum atomic E-state index is 10.9. The molecule has 17 heavy (non-hydrogen) atoms. The summed E-state index contributed by atoms with van der Waals surface area (Å²) in [6.45, 7) is 3.09. The first-order valence-electron chi connectivity index (χ1n) is 5.93. The Bertz CT molecular complexity index is 417. The molecule has 1 atom stereocenters.